The molecule has 2 heterocycles. The highest BCUT2D eigenvalue weighted by atomic mass is 32.2. The maximum atomic E-state index is 11.9. The van der Waals surface area contributed by atoms with Gasteiger partial charge >= 0.3 is 5.91 Å². The SMILES string of the molecule is C=CCN=C1SC(=O)C(=O)N1NC(=O)c1ccncc1. The Balaban J connectivity index is 2.17. The molecule has 102 valence electrons. The summed E-state index contributed by atoms with van der Waals surface area (Å²) in [6, 6.07) is 2.98. The summed E-state index contributed by atoms with van der Waals surface area (Å²) in [5, 5.41) is 0.282. The van der Waals surface area contributed by atoms with E-state index in [0.29, 0.717) is 17.3 Å². The van der Waals surface area contributed by atoms with E-state index in [1.165, 1.54) is 30.6 Å². The van der Waals surface area contributed by atoms with Crippen molar-refractivity contribution in [3.63, 3.8) is 0 Å². The first kappa shape index (κ1) is 13.9. The molecule has 0 aromatic carbocycles. The minimum absolute atomic E-state index is 0.127. The number of nitrogens with zero attached hydrogens (tertiary/aromatic N) is 3. The Bertz CT molecular complexity index is 600. The number of amides is 2. The second-order valence-electron chi connectivity index (χ2n) is 3.62. The van der Waals surface area contributed by atoms with Crippen LogP contribution in [-0.4, -0.2) is 38.6 Å². The average molecular weight is 290 g/mol. The van der Waals surface area contributed by atoms with E-state index < -0.39 is 16.9 Å². The smallest absolute Gasteiger partial charge is 0.275 e. The molecule has 1 aliphatic heterocycles. The Hall–Kier alpha value is -2.48. The lowest BCUT2D eigenvalue weighted by Crippen LogP contribution is -2.46. The zero-order valence-corrected chi connectivity index (χ0v) is 11.1. The van der Waals surface area contributed by atoms with Crippen LogP contribution < -0.4 is 5.43 Å². The summed E-state index contributed by atoms with van der Waals surface area (Å²) in [7, 11) is 0. The van der Waals surface area contributed by atoms with E-state index in [9.17, 15) is 14.4 Å². The second-order valence-corrected chi connectivity index (χ2v) is 4.56. The fourth-order valence-electron chi connectivity index (χ4n) is 1.36. The zero-order chi connectivity index (χ0) is 14.5. The third-order valence-corrected chi connectivity index (χ3v) is 3.12. The molecule has 1 aromatic rings. The van der Waals surface area contributed by atoms with Gasteiger partial charge in [0.1, 0.15) is 0 Å². The fourth-order valence-corrected chi connectivity index (χ4v) is 2.07. The van der Waals surface area contributed by atoms with Crippen LogP contribution in [0.1, 0.15) is 10.4 Å². The predicted octanol–water partition coefficient (Wildman–Crippen LogP) is 0.370. The highest BCUT2D eigenvalue weighted by molar-refractivity contribution is 8.28. The molecule has 2 rings (SSSR count). The van der Waals surface area contributed by atoms with Crippen LogP contribution in [0.25, 0.3) is 0 Å². The lowest BCUT2D eigenvalue weighted by atomic mass is 10.2. The van der Waals surface area contributed by atoms with Gasteiger partial charge in [0.05, 0.1) is 6.54 Å². The van der Waals surface area contributed by atoms with Gasteiger partial charge in [0, 0.05) is 18.0 Å². The molecule has 0 atom stereocenters. The van der Waals surface area contributed by atoms with Crippen LogP contribution in [0.4, 0.5) is 0 Å². The number of pyridine rings is 1. The number of aliphatic imine (C=N–C) groups is 1. The minimum Gasteiger partial charge on any atom is -0.275 e. The van der Waals surface area contributed by atoms with Crippen molar-refractivity contribution in [1.29, 1.82) is 0 Å². The summed E-state index contributed by atoms with van der Waals surface area (Å²) in [5.74, 6) is -1.36. The summed E-state index contributed by atoms with van der Waals surface area (Å²) >= 11 is 0.672. The van der Waals surface area contributed by atoms with E-state index in [-0.39, 0.29) is 11.7 Å². The second kappa shape index (κ2) is 6.11. The molecule has 1 N–H and O–H groups in total. The van der Waals surface area contributed by atoms with Crippen molar-refractivity contribution in [2.24, 2.45) is 4.99 Å². The summed E-state index contributed by atoms with van der Waals surface area (Å²) < 4.78 is 0. The van der Waals surface area contributed by atoms with E-state index in [1.807, 2.05) is 0 Å². The van der Waals surface area contributed by atoms with Crippen molar-refractivity contribution in [2.75, 3.05) is 6.54 Å². The number of hydrazine groups is 1. The summed E-state index contributed by atoms with van der Waals surface area (Å²) in [6.07, 6.45) is 4.42. The Kier molecular flexibility index (Phi) is 4.26. The first-order chi connectivity index (χ1) is 9.63. The van der Waals surface area contributed by atoms with Crippen molar-refractivity contribution >= 4 is 33.9 Å². The lowest BCUT2D eigenvalue weighted by molar-refractivity contribution is -0.137. The van der Waals surface area contributed by atoms with E-state index in [1.54, 1.807) is 0 Å². The van der Waals surface area contributed by atoms with Gasteiger partial charge in [-0.05, 0) is 23.9 Å². The highest BCUT2D eigenvalue weighted by Crippen LogP contribution is 2.19. The van der Waals surface area contributed by atoms with Gasteiger partial charge in [-0.25, -0.2) is 0 Å². The van der Waals surface area contributed by atoms with E-state index in [2.05, 4.69) is 22.0 Å². The minimum atomic E-state index is -0.833. The Labute approximate surface area is 118 Å². The first-order valence-corrected chi connectivity index (χ1v) is 6.37. The topological polar surface area (TPSA) is 91.7 Å². The first-order valence-electron chi connectivity index (χ1n) is 5.56. The normalized spacial score (nSPS) is 16.6. The number of amidine groups is 1. The molecule has 0 spiro atoms. The standard InChI is InChI=1S/C12H10N4O3S/c1-2-5-14-12-16(10(18)11(19)20-12)15-9(17)8-3-6-13-7-4-8/h2-4,6-7H,1,5H2,(H,15,17). The van der Waals surface area contributed by atoms with E-state index >= 15 is 0 Å². The molecule has 0 saturated carbocycles. The number of carbonyl (C=O) groups is 3. The molecule has 1 aromatic heterocycles. The maximum Gasteiger partial charge on any atom is 0.326 e. The maximum absolute atomic E-state index is 11.9. The van der Waals surface area contributed by atoms with Gasteiger partial charge in [-0.2, -0.15) is 5.01 Å². The Morgan fingerprint density at radius 2 is 2.15 bits per heavy atom. The van der Waals surface area contributed by atoms with Gasteiger partial charge in [-0.15, -0.1) is 6.58 Å². The van der Waals surface area contributed by atoms with Crippen LogP contribution in [0.3, 0.4) is 0 Å². The monoisotopic (exact) mass is 290 g/mol. The molecule has 7 nitrogen and oxygen atoms in total. The largest absolute Gasteiger partial charge is 0.326 e. The molecular formula is C12H10N4O3S. The van der Waals surface area contributed by atoms with Crippen LogP contribution in [0, 0.1) is 0 Å². The molecule has 8 heteroatoms. The van der Waals surface area contributed by atoms with Crippen molar-refractivity contribution in [1.82, 2.24) is 15.4 Å². The van der Waals surface area contributed by atoms with Crippen LogP contribution in [0.5, 0.6) is 0 Å². The van der Waals surface area contributed by atoms with Gasteiger partial charge in [-0.3, -0.25) is 29.8 Å². The number of thioether (sulfide) groups is 1. The van der Waals surface area contributed by atoms with Gasteiger partial charge in [0.25, 0.3) is 11.0 Å². The number of aromatic nitrogens is 1. The van der Waals surface area contributed by atoms with Crippen LogP contribution >= 0.6 is 11.8 Å². The van der Waals surface area contributed by atoms with Crippen molar-refractivity contribution in [3.05, 3.63) is 42.7 Å². The van der Waals surface area contributed by atoms with E-state index in [0.717, 1.165) is 5.01 Å². The molecular weight excluding hydrogens is 280 g/mol. The van der Waals surface area contributed by atoms with E-state index in [4.69, 9.17) is 0 Å². The van der Waals surface area contributed by atoms with Gasteiger partial charge in [0.2, 0.25) is 0 Å². The van der Waals surface area contributed by atoms with Gasteiger partial charge < -0.3 is 0 Å². The molecule has 0 radical (unpaired) electrons. The number of hydrogen-bond donors (Lipinski definition) is 1. The third-order valence-electron chi connectivity index (χ3n) is 2.26. The van der Waals surface area contributed by atoms with Crippen LogP contribution in [0.2, 0.25) is 0 Å². The highest BCUT2D eigenvalue weighted by Gasteiger charge is 2.38. The predicted molar refractivity (Wildman–Crippen MR) is 73.6 cm³/mol. The summed E-state index contributed by atoms with van der Waals surface area (Å²) in [4.78, 5) is 42.8. The quantitative estimate of drug-likeness (QED) is 0.639. The van der Waals surface area contributed by atoms with Crippen molar-refractivity contribution in [3.8, 4) is 0 Å². The molecule has 0 bridgehead atoms. The fraction of sp³-hybridized carbons (Fsp3) is 0.0833. The van der Waals surface area contributed by atoms with Crippen molar-refractivity contribution in [2.45, 2.75) is 0 Å². The summed E-state index contributed by atoms with van der Waals surface area (Å²) in [5.41, 5.74) is 2.66. The third kappa shape index (κ3) is 2.91. The van der Waals surface area contributed by atoms with Crippen LogP contribution in [0.15, 0.2) is 42.2 Å². The number of nitrogens with one attached hydrogen (secondary N) is 1. The Morgan fingerprint density at radius 1 is 1.45 bits per heavy atom. The van der Waals surface area contributed by atoms with Gasteiger partial charge in [0.15, 0.2) is 5.17 Å². The number of carbonyl (C=O) groups excluding carboxylic acids is 3. The molecule has 1 fully saturated rings. The zero-order valence-electron chi connectivity index (χ0n) is 10.3. The van der Waals surface area contributed by atoms with Gasteiger partial charge in [-0.1, -0.05) is 6.08 Å². The summed E-state index contributed by atoms with van der Waals surface area (Å²) in [6.45, 7) is 3.73. The average Bonchev–Trinajstić information content (AvgIpc) is 2.73. The number of rotatable bonds is 4. The molecule has 1 saturated heterocycles. The molecule has 1 aliphatic rings. The molecule has 0 unspecified atom stereocenters. The van der Waals surface area contributed by atoms with Crippen molar-refractivity contribution < 1.29 is 14.4 Å². The Morgan fingerprint density at radius 3 is 2.80 bits per heavy atom. The van der Waals surface area contributed by atoms with Crippen LogP contribution in [-0.2, 0) is 9.59 Å². The molecule has 20 heavy (non-hydrogen) atoms. The molecule has 0 aliphatic carbocycles. The number of hydrogen-bond acceptors (Lipinski definition) is 6. The molecule has 2 amide bonds. The lowest BCUT2D eigenvalue weighted by Gasteiger charge is -2.15.